The number of carbonyl (C=O) groups is 1. The molecule has 0 aromatic rings. The van der Waals surface area contributed by atoms with Gasteiger partial charge in [-0.05, 0) is 27.3 Å². The Morgan fingerprint density at radius 3 is 2.76 bits per heavy atom. The highest BCUT2D eigenvalue weighted by molar-refractivity contribution is 5.80. The van der Waals surface area contributed by atoms with Gasteiger partial charge in [-0.15, -0.1) is 0 Å². The number of likely N-dealkylation sites (tertiary alicyclic amines) is 1. The predicted octanol–water partition coefficient (Wildman–Crippen LogP) is 0.248. The fourth-order valence-electron chi connectivity index (χ4n) is 2.12. The predicted molar refractivity (Wildman–Crippen MR) is 66.0 cm³/mol. The molecule has 2 unspecified atom stereocenters. The van der Waals surface area contributed by atoms with E-state index in [9.17, 15) is 4.79 Å². The summed E-state index contributed by atoms with van der Waals surface area (Å²) in [5.74, 6) is -0.191. The Hall–Kier alpha value is -0.650. The van der Waals surface area contributed by atoms with Crippen molar-refractivity contribution in [1.29, 1.82) is 0 Å². The zero-order chi connectivity index (χ0) is 12.9. The van der Waals surface area contributed by atoms with Crippen LogP contribution in [0, 0.1) is 0 Å². The molecule has 0 aliphatic carbocycles. The van der Waals surface area contributed by atoms with Gasteiger partial charge in [0.2, 0.25) is 0 Å². The number of nitrogens with zero attached hydrogens (tertiary/aromatic N) is 1. The highest BCUT2D eigenvalue weighted by Crippen LogP contribution is 2.16. The summed E-state index contributed by atoms with van der Waals surface area (Å²) in [4.78, 5) is 14.1. The summed E-state index contributed by atoms with van der Waals surface area (Å²) in [6.45, 7) is 6.62. The molecule has 1 saturated heterocycles. The van der Waals surface area contributed by atoms with Gasteiger partial charge in [0.1, 0.15) is 5.54 Å². The van der Waals surface area contributed by atoms with E-state index in [1.807, 2.05) is 13.8 Å². The van der Waals surface area contributed by atoms with Gasteiger partial charge in [0.15, 0.2) is 0 Å². The van der Waals surface area contributed by atoms with Crippen molar-refractivity contribution in [1.82, 2.24) is 10.2 Å². The van der Waals surface area contributed by atoms with Crippen LogP contribution in [0.3, 0.4) is 0 Å². The van der Waals surface area contributed by atoms with E-state index in [-0.39, 0.29) is 5.97 Å². The molecule has 17 heavy (non-hydrogen) atoms. The molecule has 1 aliphatic heterocycles. The van der Waals surface area contributed by atoms with Crippen LogP contribution in [0.4, 0.5) is 0 Å². The first-order chi connectivity index (χ1) is 8.05. The minimum Gasteiger partial charge on any atom is -0.465 e. The van der Waals surface area contributed by atoms with Gasteiger partial charge in [0, 0.05) is 26.7 Å². The minimum atomic E-state index is -0.640. The van der Waals surface area contributed by atoms with Crippen LogP contribution in [-0.4, -0.2) is 62.9 Å². The van der Waals surface area contributed by atoms with Crippen molar-refractivity contribution in [3.05, 3.63) is 0 Å². The Kier molecular flexibility index (Phi) is 5.36. The molecule has 5 heteroatoms. The molecule has 0 aromatic carbocycles. The summed E-state index contributed by atoms with van der Waals surface area (Å²) >= 11 is 0. The van der Waals surface area contributed by atoms with E-state index < -0.39 is 5.54 Å². The van der Waals surface area contributed by atoms with Gasteiger partial charge < -0.3 is 14.8 Å². The van der Waals surface area contributed by atoms with Crippen molar-refractivity contribution < 1.29 is 14.3 Å². The molecular weight excluding hydrogens is 220 g/mol. The molecule has 5 nitrogen and oxygen atoms in total. The maximum atomic E-state index is 11.9. The maximum Gasteiger partial charge on any atom is 0.327 e. The molecule has 0 bridgehead atoms. The third-order valence-electron chi connectivity index (χ3n) is 3.38. The minimum absolute atomic E-state index is 0.191. The van der Waals surface area contributed by atoms with Crippen LogP contribution in [0.2, 0.25) is 0 Å². The van der Waals surface area contributed by atoms with Gasteiger partial charge in [-0.25, -0.2) is 0 Å². The van der Waals surface area contributed by atoms with Gasteiger partial charge in [-0.1, -0.05) is 0 Å². The summed E-state index contributed by atoms with van der Waals surface area (Å²) in [7, 11) is 3.53. The number of hydrogen-bond donors (Lipinski definition) is 1. The fraction of sp³-hybridized carbons (Fsp3) is 0.917. The van der Waals surface area contributed by atoms with E-state index in [2.05, 4.69) is 10.2 Å². The average molecular weight is 244 g/mol. The summed E-state index contributed by atoms with van der Waals surface area (Å²) in [5.41, 5.74) is -0.640. The lowest BCUT2D eigenvalue weighted by Crippen LogP contribution is -2.56. The number of nitrogens with one attached hydrogen (secondary N) is 1. The van der Waals surface area contributed by atoms with Crippen LogP contribution in [-0.2, 0) is 14.3 Å². The van der Waals surface area contributed by atoms with E-state index in [0.29, 0.717) is 19.3 Å². The number of ether oxygens (including phenoxy) is 2. The maximum absolute atomic E-state index is 11.9. The van der Waals surface area contributed by atoms with Crippen molar-refractivity contribution in [3.63, 3.8) is 0 Å². The topological polar surface area (TPSA) is 50.8 Å². The Morgan fingerprint density at radius 2 is 2.29 bits per heavy atom. The van der Waals surface area contributed by atoms with Crippen molar-refractivity contribution in [2.75, 3.05) is 40.4 Å². The SMILES string of the molecule is CCOC(=O)C(C)(CN1CCC(OC)C1)NC. The van der Waals surface area contributed by atoms with E-state index in [1.54, 1.807) is 14.2 Å². The lowest BCUT2D eigenvalue weighted by Gasteiger charge is -2.31. The lowest BCUT2D eigenvalue weighted by atomic mass is 10.0. The first kappa shape index (κ1) is 14.4. The number of hydrogen-bond acceptors (Lipinski definition) is 5. The van der Waals surface area contributed by atoms with E-state index >= 15 is 0 Å². The fourth-order valence-corrected chi connectivity index (χ4v) is 2.12. The van der Waals surface area contributed by atoms with Gasteiger partial charge in [0.25, 0.3) is 0 Å². The molecule has 1 heterocycles. The monoisotopic (exact) mass is 244 g/mol. The van der Waals surface area contributed by atoms with Crippen LogP contribution in [0.15, 0.2) is 0 Å². The molecule has 1 fully saturated rings. The van der Waals surface area contributed by atoms with Crippen molar-refractivity contribution in [3.8, 4) is 0 Å². The third-order valence-corrected chi connectivity index (χ3v) is 3.38. The summed E-state index contributed by atoms with van der Waals surface area (Å²) in [5, 5.41) is 3.07. The number of carbonyl (C=O) groups excluding carboxylic acids is 1. The molecule has 1 aliphatic rings. The van der Waals surface area contributed by atoms with Crippen molar-refractivity contribution in [2.24, 2.45) is 0 Å². The van der Waals surface area contributed by atoms with Gasteiger partial charge in [-0.2, -0.15) is 0 Å². The van der Waals surface area contributed by atoms with E-state index in [4.69, 9.17) is 9.47 Å². The highest BCUT2D eigenvalue weighted by atomic mass is 16.5. The van der Waals surface area contributed by atoms with E-state index in [0.717, 1.165) is 19.5 Å². The number of rotatable bonds is 6. The first-order valence-electron chi connectivity index (χ1n) is 6.17. The molecule has 100 valence electrons. The standard InChI is InChI=1S/C12H24N2O3/c1-5-17-11(15)12(2,13-3)9-14-7-6-10(8-14)16-4/h10,13H,5-9H2,1-4H3. The zero-order valence-electron chi connectivity index (χ0n) is 11.3. The number of likely N-dealkylation sites (N-methyl/N-ethyl adjacent to an activating group) is 1. The Labute approximate surface area is 103 Å². The van der Waals surface area contributed by atoms with E-state index in [1.165, 1.54) is 0 Å². The second-order valence-electron chi connectivity index (χ2n) is 4.68. The Balaban J connectivity index is 2.54. The van der Waals surface area contributed by atoms with Crippen LogP contribution in [0.25, 0.3) is 0 Å². The Morgan fingerprint density at radius 1 is 1.59 bits per heavy atom. The molecule has 0 aromatic heterocycles. The molecule has 1 rings (SSSR count). The summed E-state index contributed by atoms with van der Waals surface area (Å²) < 4.78 is 10.4. The second kappa shape index (κ2) is 6.33. The normalized spacial score (nSPS) is 24.6. The summed E-state index contributed by atoms with van der Waals surface area (Å²) in [6, 6.07) is 0. The highest BCUT2D eigenvalue weighted by Gasteiger charge is 2.37. The first-order valence-corrected chi connectivity index (χ1v) is 6.17. The molecular formula is C12H24N2O3. The third kappa shape index (κ3) is 3.66. The van der Waals surface area contributed by atoms with Crippen LogP contribution in [0.1, 0.15) is 20.3 Å². The van der Waals surface area contributed by atoms with Gasteiger partial charge >= 0.3 is 5.97 Å². The smallest absolute Gasteiger partial charge is 0.327 e. The number of esters is 1. The summed E-state index contributed by atoms with van der Waals surface area (Å²) in [6.07, 6.45) is 1.32. The lowest BCUT2D eigenvalue weighted by molar-refractivity contribution is -0.151. The largest absolute Gasteiger partial charge is 0.465 e. The van der Waals surface area contributed by atoms with Crippen molar-refractivity contribution in [2.45, 2.75) is 31.9 Å². The van der Waals surface area contributed by atoms with Crippen molar-refractivity contribution >= 4 is 5.97 Å². The molecule has 0 amide bonds. The van der Waals surface area contributed by atoms with Gasteiger partial charge in [0.05, 0.1) is 12.7 Å². The molecule has 0 spiro atoms. The Bertz CT molecular complexity index is 260. The zero-order valence-corrected chi connectivity index (χ0v) is 11.3. The molecule has 0 radical (unpaired) electrons. The molecule has 2 atom stereocenters. The average Bonchev–Trinajstić information content (AvgIpc) is 2.76. The van der Waals surface area contributed by atoms with Gasteiger partial charge in [-0.3, -0.25) is 9.69 Å². The van der Waals surface area contributed by atoms with Crippen LogP contribution >= 0.6 is 0 Å². The van der Waals surface area contributed by atoms with Crippen LogP contribution < -0.4 is 5.32 Å². The number of methoxy groups -OCH3 is 1. The second-order valence-corrected chi connectivity index (χ2v) is 4.68. The van der Waals surface area contributed by atoms with Crippen LogP contribution in [0.5, 0.6) is 0 Å². The molecule has 1 N–H and O–H groups in total. The quantitative estimate of drug-likeness (QED) is 0.679. The molecule has 0 saturated carbocycles.